The first-order chi connectivity index (χ1) is 7.24. The molecule has 4 heteroatoms. The molecule has 0 saturated heterocycles. The van der Waals surface area contributed by atoms with E-state index in [1.807, 2.05) is 18.2 Å². The van der Waals surface area contributed by atoms with Crippen LogP contribution in [0.1, 0.15) is 22.8 Å². The molecule has 0 radical (unpaired) electrons. The van der Waals surface area contributed by atoms with Gasteiger partial charge in [-0.05, 0) is 30.0 Å². The van der Waals surface area contributed by atoms with Crippen molar-refractivity contribution in [3.63, 3.8) is 0 Å². The smallest absolute Gasteiger partial charge is 0.0604 e. The van der Waals surface area contributed by atoms with Crippen LogP contribution in [0.2, 0.25) is 0 Å². The summed E-state index contributed by atoms with van der Waals surface area (Å²) in [6.07, 6.45) is 1.92. The molecule has 0 heterocycles. The quantitative estimate of drug-likeness (QED) is 0.926. The first kappa shape index (κ1) is 11.3. The molecule has 82 valence electrons. The van der Waals surface area contributed by atoms with Crippen molar-refractivity contribution in [3.05, 3.63) is 33.8 Å². The number of hydrogen-bond donors (Lipinski definition) is 1. The van der Waals surface area contributed by atoms with Crippen molar-refractivity contribution < 1.29 is 9.32 Å². The molecule has 1 aromatic carbocycles. The number of fused-ring (bicyclic) bond motifs is 1. The van der Waals surface area contributed by atoms with Crippen molar-refractivity contribution in [2.75, 3.05) is 12.4 Å². The second-order valence-corrected chi connectivity index (χ2v) is 6.24. The SMILES string of the molecule is O=[S@@](CCO)[C@H]1CCc2c(Br)cccc21. The molecule has 15 heavy (non-hydrogen) atoms. The molecule has 2 nitrogen and oxygen atoms in total. The number of aliphatic hydroxyl groups is 1. The molecule has 1 aliphatic carbocycles. The molecule has 2 atom stereocenters. The molecule has 0 aliphatic heterocycles. The van der Waals surface area contributed by atoms with Gasteiger partial charge < -0.3 is 5.11 Å². The second kappa shape index (κ2) is 4.76. The number of hydrogen-bond acceptors (Lipinski definition) is 2. The normalized spacial score (nSPS) is 21.3. The molecule has 0 aromatic heterocycles. The van der Waals surface area contributed by atoms with Crippen molar-refractivity contribution in [2.45, 2.75) is 18.1 Å². The van der Waals surface area contributed by atoms with Gasteiger partial charge in [0.25, 0.3) is 0 Å². The lowest BCUT2D eigenvalue weighted by atomic mass is 10.1. The van der Waals surface area contributed by atoms with Crippen LogP contribution in [0, 0.1) is 0 Å². The molecule has 1 aromatic rings. The Morgan fingerprint density at radius 3 is 3.07 bits per heavy atom. The minimum Gasteiger partial charge on any atom is -0.395 e. The largest absolute Gasteiger partial charge is 0.395 e. The van der Waals surface area contributed by atoms with Gasteiger partial charge in [0.1, 0.15) is 0 Å². The van der Waals surface area contributed by atoms with Gasteiger partial charge in [-0.15, -0.1) is 0 Å². The zero-order valence-electron chi connectivity index (χ0n) is 8.28. The Labute approximate surface area is 100 Å². The van der Waals surface area contributed by atoms with Crippen molar-refractivity contribution in [1.29, 1.82) is 0 Å². The van der Waals surface area contributed by atoms with E-state index >= 15 is 0 Å². The van der Waals surface area contributed by atoms with Crippen LogP contribution >= 0.6 is 15.9 Å². The summed E-state index contributed by atoms with van der Waals surface area (Å²) in [5.74, 6) is 0.386. The highest BCUT2D eigenvalue weighted by Gasteiger charge is 2.28. The molecule has 0 bridgehead atoms. The van der Waals surface area contributed by atoms with Crippen LogP contribution in [0.15, 0.2) is 22.7 Å². The first-order valence-corrected chi connectivity index (χ1v) is 7.17. The number of halogens is 1. The van der Waals surface area contributed by atoms with E-state index in [9.17, 15) is 4.21 Å². The third-order valence-electron chi connectivity index (χ3n) is 2.77. The summed E-state index contributed by atoms with van der Waals surface area (Å²) in [7, 11) is -0.936. The van der Waals surface area contributed by atoms with Gasteiger partial charge >= 0.3 is 0 Å². The zero-order chi connectivity index (χ0) is 10.8. The van der Waals surface area contributed by atoms with Gasteiger partial charge in [0.05, 0.1) is 11.9 Å². The molecule has 0 spiro atoms. The number of aliphatic hydroxyl groups excluding tert-OH is 1. The lowest BCUT2D eigenvalue weighted by molar-refractivity contribution is 0.321. The summed E-state index contributed by atoms with van der Waals surface area (Å²) in [6.45, 7) is 0.00640. The first-order valence-electron chi connectivity index (χ1n) is 4.99. The third-order valence-corrected chi connectivity index (χ3v) is 5.22. The van der Waals surface area contributed by atoms with E-state index in [0.29, 0.717) is 5.75 Å². The van der Waals surface area contributed by atoms with E-state index < -0.39 is 10.8 Å². The fourth-order valence-corrected chi connectivity index (χ4v) is 4.01. The van der Waals surface area contributed by atoms with E-state index in [1.54, 1.807) is 0 Å². The van der Waals surface area contributed by atoms with Gasteiger partial charge in [0, 0.05) is 21.0 Å². The van der Waals surface area contributed by atoms with Gasteiger partial charge in [-0.1, -0.05) is 28.1 Å². The van der Waals surface area contributed by atoms with Crippen LogP contribution in [0.25, 0.3) is 0 Å². The monoisotopic (exact) mass is 288 g/mol. The van der Waals surface area contributed by atoms with Gasteiger partial charge in [-0.3, -0.25) is 4.21 Å². The predicted octanol–water partition coefficient (Wildman–Crippen LogP) is 2.18. The van der Waals surface area contributed by atoms with E-state index in [2.05, 4.69) is 15.9 Å². The Bertz CT molecular complexity index is 392. The van der Waals surface area contributed by atoms with Gasteiger partial charge in [0.2, 0.25) is 0 Å². The third kappa shape index (κ3) is 2.17. The highest BCUT2D eigenvalue weighted by atomic mass is 79.9. The standard InChI is InChI=1S/C11H13BrO2S/c12-10-3-1-2-9-8(10)4-5-11(9)15(14)7-6-13/h1-3,11,13H,4-7H2/t11-,15-/m0/s1. The van der Waals surface area contributed by atoms with E-state index in [1.165, 1.54) is 11.1 Å². The van der Waals surface area contributed by atoms with Crippen LogP contribution < -0.4 is 0 Å². The van der Waals surface area contributed by atoms with Crippen LogP contribution in [0.3, 0.4) is 0 Å². The Kier molecular flexibility index (Phi) is 3.59. The van der Waals surface area contributed by atoms with Crippen molar-refractivity contribution >= 4 is 26.7 Å². The van der Waals surface area contributed by atoms with Crippen LogP contribution in [-0.4, -0.2) is 21.7 Å². The Morgan fingerprint density at radius 1 is 1.53 bits per heavy atom. The molecule has 0 amide bonds. The van der Waals surface area contributed by atoms with Crippen LogP contribution in [0.4, 0.5) is 0 Å². The van der Waals surface area contributed by atoms with Crippen molar-refractivity contribution in [3.8, 4) is 0 Å². The lowest BCUT2D eigenvalue weighted by Crippen LogP contribution is -2.09. The van der Waals surface area contributed by atoms with Crippen LogP contribution in [-0.2, 0) is 17.2 Å². The second-order valence-electron chi connectivity index (χ2n) is 3.64. The highest BCUT2D eigenvalue weighted by Crippen LogP contribution is 2.38. The fourth-order valence-electron chi connectivity index (χ4n) is 2.08. The Morgan fingerprint density at radius 2 is 2.33 bits per heavy atom. The van der Waals surface area contributed by atoms with E-state index in [4.69, 9.17) is 5.11 Å². The van der Waals surface area contributed by atoms with Gasteiger partial charge in [-0.25, -0.2) is 0 Å². The summed E-state index contributed by atoms with van der Waals surface area (Å²) < 4.78 is 13.0. The maximum absolute atomic E-state index is 11.9. The Balaban J connectivity index is 2.29. The molecule has 1 aliphatic rings. The summed E-state index contributed by atoms with van der Waals surface area (Å²) in [5.41, 5.74) is 2.48. The maximum Gasteiger partial charge on any atom is 0.0604 e. The topological polar surface area (TPSA) is 37.3 Å². The zero-order valence-corrected chi connectivity index (χ0v) is 10.7. The highest BCUT2D eigenvalue weighted by molar-refractivity contribution is 9.10. The predicted molar refractivity (Wildman–Crippen MR) is 65.3 cm³/mol. The van der Waals surface area contributed by atoms with Crippen molar-refractivity contribution in [2.24, 2.45) is 0 Å². The lowest BCUT2D eigenvalue weighted by Gasteiger charge is -2.10. The summed E-state index contributed by atoms with van der Waals surface area (Å²) in [4.78, 5) is 0. The summed E-state index contributed by atoms with van der Waals surface area (Å²) >= 11 is 3.51. The van der Waals surface area contributed by atoms with Crippen LogP contribution in [0.5, 0.6) is 0 Å². The average Bonchev–Trinajstić information content (AvgIpc) is 2.63. The van der Waals surface area contributed by atoms with E-state index in [-0.39, 0.29) is 11.9 Å². The molecule has 1 N–H and O–H groups in total. The molecule has 0 unspecified atom stereocenters. The summed E-state index contributed by atoms with van der Waals surface area (Å²) in [6, 6.07) is 6.06. The minimum atomic E-state index is -0.936. The van der Waals surface area contributed by atoms with Gasteiger partial charge in [0.15, 0.2) is 0 Å². The number of rotatable bonds is 3. The molecular weight excluding hydrogens is 276 g/mol. The van der Waals surface area contributed by atoms with Gasteiger partial charge in [-0.2, -0.15) is 0 Å². The molecular formula is C11H13BrO2S. The Hall–Kier alpha value is -0.190. The molecule has 2 rings (SSSR count). The fraction of sp³-hybridized carbons (Fsp3) is 0.455. The van der Waals surface area contributed by atoms with Crippen molar-refractivity contribution in [1.82, 2.24) is 0 Å². The minimum absolute atomic E-state index is 0.00640. The maximum atomic E-state index is 11.9. The average molecular weight is 289 g/mol. The molecule has 0 saturated carbocycles. The number of benzene rings is 1. The van der Waals surface area contributed by atoms with E-state index in [0.717, 1.165) is 17.3 Å². The molecule has 0 fully saturated rings. The summed E-state index contributed by atoms with van der Waals surface area (Å²) in [5, 5.41) is 8.91.